The molecule has 3 aromatic rings. The zero-order valence-corrected chi connectivity index (χ0v) is 19.8. The Hall–Kier alpha value is -3.85. The number of urea groups is 1. The van der Waals surface area contributed by atoms with Crippen LogP contribution in [0.5, 0.6) is 0 Å². The SMILES string of the molecule is CC1(c2cc(F)ccc2F)NC(=O)N(CC(=O)N2CCN(Cc3cccc4ccccc34)CC2)C1=O. The van der Waals surface area contributed by atoms with Crippen LogP contribution < -0.4 is 5.32 Å². The quantitative estimate of drug-likeness (QED) is 0.556. The fraction of sp³-hybridized carbons (Fsp3) is 0.296. The summed E-state index contributed by atoms with van der Waals surface area (Å²) in [6.07, 6.45) is 0. The van der Waals surface area contributed by atoms with Gasteiger partial charge in [0.1, 0.15) is 23.7 Å². The Kier molecular flexibility index (Phi) is 6.17. The Balaban J connectivity index is 1.21. The minimum atomic E-state index is -1.79. The Morgan fingerprint density at radius 1 is 0.972 bits per heavy atom. The molecule has 2 aliphatic heterocycles. The van der Waals surface area contributed by atoms with E-state index in [0.29, 0.717) is 26.2 Å². The maximum atomic E-state index is 14.4. The molecule has 2 fully saturated rings. The number of nitrogens with one attached hydrogen (secondary N) is 1. The Morgan fingerprint density at radius 3 is 2.47 bits per heavy atom. The third-order valence-corrected chi connectivity index (χ3v) is 7.03. The Labute approximate surface area is 207 Å². The van der Waals surface area contributed by atoms with Gasteiger partial charge in [0.15, 0.2) is 0 Å². The fourth-order valence-corrected chi connectivity index (χ4v) is 4.97. The number of rotatable bonds is 5. The number of imide groups is 1. The summed E-state index contributed by atoms with van der Waals surface area (Å²) in [6.45, 7) is 3.84. The fourth-order valence-electron chi connectivity index (χ4n) is 4.97. The minimum absolute atomic E-state index is 0.280. The first-order chi connectivity index (χ1) is 17.3. The molecule has 0 aromatic heterocycles. The third kappa shape index (κ3) is 4.30. The number of piperazine rings is 1. The number of nitrogens with zero attached hydrogens (tertiary/aromatic N) is 3. The molecule has 4 amide bonds. The van der Waals surface area contributed by atoms with Crippen molar-refractivity contribution in [2.24, 2.45) is 0 Å². The lowest BCUT2D eigenvalue weighted by Crippen LogP contribution is -2.51. The largest absolute Gasteiger partial charge is 0.339 e. The molecule has 1 N–H and O–H groups in total. The molecule has 7 nitrogen and oxygen atoms in total. The van der Waals surface area contributed by atoms with Gasteiger partial charge in [0.05, 0.1) is 0 Å². The highest BCUT2D eigenvalue weighted by Crippen LogP contribution is 2.31. The van der Waals surface area contributed by atoms with Crippen molar-refractivity contribution < 1.29 is 23.2 Å². The topological polar surface area (TPSA) is 73.0 Å². The van der Waals surface area contributed by atoms with Crippen molar-refractivity contribution in [1.29, 1.82) is 0 Å². The normalized spacial score (nSPS) is 20.8. The number of hydrogen-bond donors (Lipinski definition) is 1. The van der Waals surface area contributed by atoms with Gasteiger partial charge in [0.2, 0.25) is 5.91 Å². The van der Waals surface area contributed by atoms with Gasteiger partial charge < -0.3 is 10.2 Å². The molecular formula is C27H26F2N4O3. The second-order valence-corrected chi connectivity index (χ2v) is 9.37. The number of amides is 4. The average molecular weight is 493 g/mol. The summed E-state index contributed by atoms with van der Waals surface area (Å²) < 4.78 is 28.1. The predicted octanol–water partition coefficient (Wildman–Crippen LogP) is 3.23. The van der Waals surface area contributed by atoms with Crippen LogP contribution in [-0.4, -0.2) is 65.3 Å². The zero-order chi connectivity index (χ0) is 25.4. The number of benzene rings is 3. The van der Waals surface area contributed by atoms with E-state index in [1.807, 2.05) is 18.2 Å². The van der Waals surface area contributed by atoms with E-state index >= 15 is 0 Å². The first-order valence-corrected chi connectivity index (χ1v) is 11.8. The number of carbonyl (C=O) groups is 3. The summed E-state index contributed by atoms with van der Waals surface area (Å²) in [5, 5.41) is 4.81. The first kappa shape index (κ1) is 23.9. The van der Waals surface area contributed by atoms with E-state index < -0.39 is 35.7 Å². The highest BCUT2D eigenvalue weighted by molar-refractivity contribution is 6.09. The van der Waals surface area contributed by atoms with E-state index in [9.17, 15) is 23.2 Å². The van der Waals surface area contributed by atoms with Gasteiger partial charge in [-0.1, -0.05) is 42.5 Å². The van der Waals surface area contributed by atoms with Crippen LogP contribution in [0, 0.1) is 11.6 Å². The lowest BCUT2D eigenvalue weighted by atomic mass is 9.91. The molecule has 0 bridgehead atoms. The number of carbonyl (C=O) groups excluding carboxylic acids is 3. The van der Waals surface area contributed by atoms with Crippen LogP contribution in [0.25, 0.3) is 10.8 Å². The summed E-state index contributed by atoms with van der Waals surface area (Å²) in [5.74, 6) is -2.71. The summed E-state index contributed by atoms with van der Waals surface area (Å²) >= 11 is 0. The molecule has 36 heavy (non-hydrogen) atoms. The monoisotopic (exact) mass is 492 g/mol. The van der Waals surface area contributed by atoms with Crippen LogP contribution in [0.2, 0.25) is 0 Å². The smallest absolute Gasteiger partial charge is 0.325 e. The first-order valence-electron chi connectivity index (χ1n) is 11.8. The lowest BCUT2D eigenvalue weighted by molar-refractivity contribution is -0.140. The number of hydrogen-bond acceptors (Lipinski definition) is 4. The van der Waals surface area contributed by atoms with E-state index in [-0.39, 0.29) is 11.5 Å². The van der Waals surface area contributed by atoms with Crippen molar-refractivity contribution in [2.75, 3.05) is 32.7 Å². The molecule has 186 valence electrons. The van der Waals surface area contributed by atoms with Crippen LogP contribution >= 0.6 is 0 Å². The van der Waals surface area contributed by atoms with Crippen LogP contribution in [0.4, 0.5) is 13.6 Å². The van der Waals surface area contributed by atoms with Crippen LogP contribution in [0.3, 0.4) is 0 Å². The molecule has 2 saturated heterocycles. The van der Waals surface area contributed by atoms with E-state index in [2.05, 4.69) is 34.5 Å². The van der Waals surface area contributed by atoms with E-state index in [4.69, 9.17) is 0 Å². The van der Waals surface area contributed by atoms with Gasteiger partial charge in [-0.25, -0.2) is 13.6 Å². The standard InChI is InChI=1S/C27H26F2N4O3/c1-27(22-15-20(28)9-10-23(22)29)25(35)33(26(36)30-27)17-24(34)32-13-11-31(12-14-32)16-19-7-4-6-18-5-2-3-8-21(18)19/h2-10,15H,11-14,16-17H2,1H3,(H,30,36). The van der Waals surface area contributed by atoms with Crippen molar-refractivity contribution in [3.63, 3.8) is 0 Å². The van der Waals surface area contributed by atoms with Crippen molar-refractivity contribution in [1.82, 2.24) is 20.0 Å². The highest BCUT2D eigenvalue weighted by atomic mass is 19.1. The molecule has 1 atom stereocenters. The van der Waals surface area contributed by atoms with Crippen molar-refractivity contribution in [3.8, 4) is 0 Å². The molecule has 0 radical (unpaired) electrons. The van der Waals surface area contributed by atoms with Gasteiger partial charge in [-0.2, -0.15) is 0 Å². The molecule has 0 spiro atoms. The van der Waals surface area contributed by atoms with Gasteiger partial charge >= 0.3 is 6.03 Å². The molecule has 2 heterocycles. The Bertz CT molecular complexity index is 1350. The molecular weight excluding hydrogens is 466 g/mol. The zero-order valence-electron chi connectivity index (χ0n) is 19.8. The van der Waals surface area contributed by atoms with Gasteiger partial charge in [-0.15, -0.1) is 0 Å². The summed E-state index contributed by atoms with van der Waals surface area (Å²) in [4.78, 5) is 43.2. The van der Waals surface area contributed by atoms with Crippen molar-refractivity contribution >= 4 is 28.6 Å². The molecule has 3 aromatic carbocycles. The third-order valence-electron chi connectivity index (χ3n) is 7.03. The maximum absolute atomic E-state index is 14.4. The van der Waals surface area contributed by atoms with E-state index in [1.165, 1.54) is 23.3 Å². The molecule has 2 aliphatic rings. The molecule has 1 unspecified atom stereocenters. The predicted molar refractivity (Wildman–Crippen MR) is 130 cm³/mol. The summed E-state index contributed by atoms with van der Waals surface area (Å²) in [7, 11) is 0. The van der Waals surface area contributed by atoms with Crippen molar-refractivity contribution in [2.45, 2.75) is 19.0 Å². The second kappa shape index (κ2) is 9.31. The summed E-state index contributed by atoms with van der Waals surface area (Å²) in [5.41, 5.74) is -0.852. The van der Waals surface area contributed by atoms with Crippen LogP contribution in [0.1, 0.15) is 18.1 Å². The molecule has 5 rings (SSSR count). The van der Waals surface area contributed by atoms with Crippen LogP contribution in [0.15, 0.2) is 60.7 Å². The molecule has 9 heteroatoms. The minimum Gasteiger partial charge on any atom is -0.339 e. The van der Waals surface area contributed by atoms with Gasteiger partial charge in [-0.05, 0) is 41.5 Å². The van der Waals surface area contributed by atoms with Gasteiger partial charge in [-0.3, -0.25) is 19.4 Å². The molecule has 0 aliphatic carbocycles. The average Bonchev–Trinajstić information content (AvgIpc) is 3.09. The summed E-state index contributed by atoms with van der Waals surface area (Å²) in [6, 6.07) is 16.4. The maximum Gasteiger partial charge on any atom is 0.325 e. The lowest BCUT2D eigenvalue weighted by Gasteiger charge is -2.35. The number of halogens is 2. The van der Waals surface area contributed by atoms with Gasteiger partial charge in [0.25, 0.3) is 5.91 Å². The van der Waals surface area contributed by atoms with E-state index in [1.54, 1.807) is 4.90 Å². The van der Waals surface area contributed by atoms with Gasteiger partial charge in [0, 0.05) is 38.3 Å². The number of fused-ring (bicyclic) bond motifs is 1. The highest BCUT2D eigenvalue weighted by Gasteiger charge is 2.51. The molecule has 0 saturated carbocycles. The second-order valence-electron chi connectivity index (χ2n) is 9.37. The van der Waals surface area contributed by atoms with E-state index in [0.717, 1.165) is 29.6 Å². The Morgan fingerprint density at radius 2 is 1.69 bits per heavy atom. The van der Waals surface area contributed by atoms with Crippen LogP contribution in [-0.2, 0) is 21.7 Å². The van der Waals surface area contributed by atoms with Crippen molar-refractivity contribution in [3.05, 3.63) is 83.4 Å².